The van der Waals surface area contributed by atoms with Crippen LogP contribution in [0.1, 0.15) is 17.2 Å². The van der Waals surface area contributed by atoms with Gasteiger partial charge in [-0.05, 0) is 41.9 Å². The van der Waals surface area contributed by atoms with Gasteiger partial charge in [-0.1, -0.05) is 12.1 Å². The van der Waals surface area contributed by atoms with Crippen LogP contribution in [0, 0.1) is 13.8 Å². The summed E-state index contributed by atoms with van der Waals surface area (Å²) in [7, 11) is 0. The predicted molar refractivity (Wildman–Crippen MR) is 87.3 cm³/mol. The molecule has 3 rings (SSSR count). The fourth-order valence-corrected chi connectivity index (χ4v) is 2.58. The van der Waals surface area contributed by atoms with Crippen LogP contribution < -0.4 is 5.32 Å². The maximum absolute atomic E-state index is 12.0. The fraction of sp³-hybridized carbons (Fsp3) is 0.267. The van der Waals surface area contributed by atoms with Gasteiger partial charge < -0.3 is 10.3 Å². The van der Waals surface area contributed by atoms with Crippen LogP contribution in [0.25, 0.3) is 11.0 Å². The molecule has 0 fully saturated rings. The minimum absolute atomic E-state index is 0.0986. The standard InChI is InChI=1S/C15H16BrN5O/c1-9-15(16)10(2)21(20-9)8-14(22)17-7-13-18-11-5-3-4-6-12(11)19-13/h3-6H,7-8H2,1-2H3,(H,17,22)(H,18,19). The van der Waals surface area contributed by atoms with E-state index >= 15 is 0 Å². The molecule has 0 bridgehead atoms. The second-order valence-electron chi connectivity index (χ2n) is 5.12. The largest absolute Gasteiger partial charge is 0.347 e. The van der Waals surface area contributed by atoms with Gasteiger partial charge in [-0.25, -0.2) is 4.98 Å². The Hall–Kier alpha value is -2.15. The number of fused-ring (bicyclic) bond motifs is 1. The lowest BCUT2D eigenvalue weighted by Crippen LogP contribution is -2.28. The molecule has 0 radical (unpaired) electrons. The third-order valence-electron chi connectivity index (χ3n) is 3.48. The van der Waals surface area contributed by atoms with Gasteiger partial charge in [0.25, 0.3) is 0 Å². The Kier molecular flexibility index (Phi) is 3.98. The highest BCUT2D eigenvalue weighted by atomic mass is 79.9. The second kappa shape index (κ2) is 5.92. The Bertz CT molecular complexity index is 803. The molecule has 6 nitrogen and oxygen atoms in total. The van der Waals surface area contributed by atoms with Crippen LogP contribution in [0.15, 0.2) is 28.7 Å². The van der Waals surface area contributed by atoms with Crippen molar-refractivity contribution in [2.45, 2.75) is 26.9 Å². The number of nitrogens with one attached hydrogen (secondary N) is 2. The fourth-order valence-electron chi connectivity index (χ4n) is 2.29. The Morgan fingerprint density at radius 3 is 2.82 bits per heavy atom. The van der Waals surface area contributed by atoms with Crippen molar-refractivity contribution in [1.29, 1.82) is 0 Å². The van der Waals surface area contributed by atoms with Crippen molar-refractivity contribution in [3.8, 4) is 0 Å². The van der Waals surface area contributed by atoms with E-state index in [1.54, 1.807) is 4.68 Å². The van der Waals surface area contributed by atoms with Gasteiger partial charge in [0, 0.05) is 0 Å². The Morgan fingerprint density at radius 2 is 2.14 bits per heavy atom. The van der Waals surface area contributed by atoms with Crippen LogP contribution in [-0.2, 0) is 17.9 Å². The molecule has 0 aliphatic rings. The molecule has 7 heteroatoms. The Labute approximate surface area is 136 Å². The second-order valence-corrected chi connectivity index (χ2v) is 5.91. The van der Waals surface area contributed by atoms with Gasteiger partial charge in [0.05, 0.1) is 33.4 Å². The quantitative estimate of drug-likeness (QED) is 0.749. The molecule has 0 saturated carbocycles. The maximum atomic E-state index is 12.0. The number of nitrogens with zero attached hydrogens (tertiary/aromatic N) is 3. The number of hydrogen-bond acceptors (Lipinski definition) is 3. The van der Waals surface area contributed by atoms with Crippen molar-refractivity contribution in [1.82, 2.24) is 25.1 Å². The number of benzene rings is 1. The number of aromatic amines is 1. The van der Waals surface area contributed by atoms with E-state index in [9.17, 15) is 4.79 Å². The summed E-state index contributed by atoms with van der Waals surface area (Å²) in [6.07, 6.45) is 0. The summed E-state index contributed by atoms with van der Waals surface area (Å²) >= 11 is 3.46. The first-order valence-electron chi connectivity index (χ1n) is 6.94. The zero-order chi connectivity index (χ0) is 15.7. The first-order chi connectivity index (χ1) is 10.5. The number of hydrogen-bond donors (Lipinski definition) is 2. The van der Waals surface area contributed by atoms with E-state index in [2.05, 4.69) is 36.3 Å². The number of para-hydroxylation sites is 2. The van der Waals surface area contributed by atoms with Gasteiger partial charge in [-0.2, -0.15) is 5.10 Å². The number of halogens is 1. The smallest absolute Gasteiger partial charge is 0.242 e. The van der Waals surface area contributed by atoms with E-state index in [0.29, 0.717) is 6.54 Å². The molecule has 0 aliphatic heterocycles. The molecule has 1 amide bonds. The lowest BCUT2D eigenvalue weighted by molar-refractivity contribution is -0.122. The van der Waals surface area contributed by atoms with E-state index in [4.69, 9.17) is 0 Å². The van der Waals surface area contributed by atoms with Crippen LogP contribution >= 0.6 is 15.9 Å². The van der Waals surface area contributed by atoms with Crippen molar-refractivity contribution >= 4 is 32.9 Å². The molecule has 0 spiro atoms. The predicted octanol–water partition coefficient (Wildman–Crippen LogP) is 2.46. The van der Waals surface area contributed by atoms with E-state index < -0.39 is 0 Å². The highest BCUT2D eigenvalue weighted by molar-refractivity contribution is 9.10. The molecule has 2 N–H and O–H groups in total. The number of H-pyrrole nitrogens is 1. The third kappa shape index (κ3) is 2.89. The Morgan fingerprint density at radius 1 is 1.36 bits per heavy atom. The zero-order valence-electron chi connectivity index (χ0n) is 12.4. The number of amides is 1. The number of imidazole rings is 1. The third-order valence-corrected chi connectivity index (χ3v) is 4.63. The monoisotopic (exact) mass is 361 g/mol. The topological polar surface area (TPSA) is 75.6 Å². The van der Waals surface area contributed by atoms with Gasteiger partial charge in [-0.3, -0.25) is 9.48 Å². The van der Waals surface area contributed by atoms with E-state index in [1.807, 2.05) is 38.1 Å². The molecule has 1 aromatic carbocycles. The highest BCUT2D eigenvalue weighted by Crippen LogP contribution is 2.19. The van der Waals surface area contributed by atoms with Crippen LogP contribution in [0.5, 0.6) is 0 Å². The molecule has 2 aromatic heterocycles. The summed E-state index contributed by atoms with van der Waals surface area (Å²) < 4.78 is 2.63. The normalized spacial score (nSPS) is 11.0. The van der Waals surface area contributed by atoms with Gasteiger partial charge in [0.2, 0.25) is 5.91 Å². The highest BCUT2D eigenvalue weighted by Gasteiger charge is 2.12. The minimum atomic E-state index is -0.0986. The SMILES string of the molecule is Cc1nn(CC(=O)NCc2nc3ccccc3[nH]2)c(C)c1Br. The first-order valence-corrected chi connectivity index (χ1v) is 7.73. The molecule has 0 atom stereocenters. The van der Waals surface area contributed by atoms with Gasteiger partial charge in [0.15, 0.2) is 0 Å². The molecule has 3 aromatic rings. The minimum Gasteiger partial charge on any atom is -0.347 e. The molecular formula is C15H16BrN5O. The summed E-state index contributed by atoms with van der Waals surface area (Å²) in [4.78, 5) is 19.7. The number of carbonyl (C=O) groups is 1. The lowest BCUT2D eigenvalue weighted by Gasteiger charge is -2.05. The van der Waals surface area contributed by atoms with Gasteiger partial charge in [0.1, 0.15) is 12.4 Å². The summed E-state index contributed by atoms with van der Waals surface area (Å²) in [5.41, 5.74) is 3.68. The maximum Gasteiger partial charge on any atom is 0.242 e. The number of rotatable bonds is 4. The molecule has 22 heavy (non-hydrogen) atoms. The molecule has 2 heterocycles. The van der Waals surface area contributed by atoms with Crippen molar-refractivity contribution in [3.63, 3.8) is 0 Å². The average Bonchev–Trinajstić information content (AvgIpc) is 3.02. The summed E-state index contributed by atoms with van der Waals surface area (Å²) in [6.45, 7) is 4.39. The van der Waals surface area contributed by atoms with E-state index in [0.717, 1.165) is 32.7 Å². The van der Waals surface area contributed by atoms with Crippen molar-refractivity contribution < 1.29 is 4.79 Å². The molecule has 114 valence electrons. The average molecular weight is 362 g/mol. The van der Waals surface area contributed by atoms with Crippen molar-refractivity contribution in [3.05, 3.63) is 46.0 Å². The molecule has 0 aliphatic carbocycles. The van der Waals surface area contributed by atoms with Crippen LogP contribution in [0.2, 0.25) is 0 Å². The lowest BCUT2D eigenvalue weighted by atomic mass is 10.3. The van der Waals surface area contributed by atoms with Crippen molar-refractivity contribution in [2.24, 2.45) is 0 Å². The molecule has 0 unspecified atom stereocenters. The van der Waals surface area contributed by atoms with E-state index in [-0.39, 0.29) is 12.5 Å². The summed E-state index contributed by atoms with van der Waals surface area (Å²) in [6, 6.07) is 7.78. The molecular weight excluding hydrogens is 346 g/mol. The summed E-state index contributed by atoms with van der Waals surface area (Å²) in [5.74, 6) is 0.641. The van der Waals surface area contributed by atoms with Crippen molar-refractivity contribution in [2.75, 3.05) is 0 Å². The van der Waals surface area contributed by atoms with E-state index in [1.165, 1.54) is 0 Å². The van der Waals surface area contributed by atoms with Crippen LogP contribution in [0.3, 0.4) is 0 Å². The summed E-state index contributed by atoms with van der Waals surface area (Å²) in [5, 5.41) is 7.18. The first kappa shape index (κ1) is 14.8. The zero-order valence-corrected chi connectivity index (χ0v) is 13.9. The van der Waals surface area contributed by atoms with Crippen LogP contribution in [-0.4, -0.2) is 25.7 Å². The van der Waals surface area contributed by atoms with Gasteiger partial charge in [-0.15, -0.1) is 0 Å². The van der Waals surface area contributed by atoms with Gasteiger partial charge >= 0.3 is 0 Å². The number of carbonyl (C=O) groups excluding carboxylic acids is 1. The Balaban J connectivity index is 1.63. The number of aryl methyl sites for hydroxylation is 1. The van der Waals surface area contributed by atoms with Crippen LogP contribution in [0.4, 0.5) is 0 Å². The number of aromatic nitrogens is 4. The molecule has 0 saturated heterocycles.